The molecular formula is C17H32O2. The van der Waals surface area contributed by atoms with Crippen molar-refractivity contribution in [3.8, 4) is 0 Å². The van der Waals surface area contributed by atoms with Gasteiger partial charge < -0.3 is 10.2 Å². The Labute approximate surface area is 118 Å². The molecule has 0 spiro atoms. The molecule has 0 amide bonds. The predicted molar refractivity (Wildman–Crippen MR) is 79.1 cm³/mol. The molecular weight excluding hydrogens is 236 g/mol. The Morgan fingerprint density at radius 2 is 1.21 bits per heavy atom. The molecule has 2 fully saturated rings. The third-order valence-electron chi connectivity index (χ3n) is 5.58. The number of aliphatic hydroxyl groups is 2. The molecule has 19 heavy (non-hydrogen) atoms. The molecule has 2 rings (SSSR count). The second kappa shape index (κ2) is 6.58. The fraction of sp³-hybridized carbons (Fsp3) is 1.00. The van der Waals surface area contributed by atoms with Crippen LogP contribution in [0.1, 0.15) is 90.4 Å². The summed E-state index contributed by atoms with van der Waals surface area (Å²) in [6, 6.07) is 0. The Balaban J connectivity index is 2.13. The van der Waals surface area contributed by atoms with Gasteiger partial charge in [0.15, 0.2) is 0 Å². The predicted octanol–water partition coefficient (Wildman–Crippen LogP) is 4.18. The second-order valence-corrected chi connectivity index (χ2v) is 7.02. The third-order valence-corrected chi connectivity index (χ3v) is 5.58. The van der Waals surface area contributed by atoms with Crippen molar-refractivity contribution in [2.45, 2.75) is 102 Å². The number of unbranched alkanes of at least 4 members (excludes halogenated alkanes) is 1. The van der Waals surface area contributed by atoms with Gasteiger partial charge in [-0.3, -0.25) is 0 Å². The van der Waals surface area contributed by atoms with E-state index in [0.29, 0.717) is 0 Å². The molecule has 112 valence electrons. The molecule has 2 aliphatic carbocycles. The first-order chi connectivity index (χ1) is 9.11. The van der Waals surface area contributed by atoms with Gasteiger partial charge in [-0.25, -0.2) is 0 Å². The second-order valence-electron chi connectivity index (χ2n) is 7.02. The molecule has 0 aliphatic heterocycles. The average molecular weight is 268 g/mol. The normalized spacial score (nSPS) is 26.5. The van der Waals surface area contributed by atoms with Crippen LogP contribution in [0.5, 0.6) is 0 Å². The maximum Gasteiger partial charge on any atom is 0.0703 e. The summed E-state index contributed by atoms with van der Waals surface area (Å²) < 4.78 is 0. The van der Waals surface area contributed by atoms with Crippen LogP contribution in [0.4, 0.5) is 0 Å². The van der Waals surface area contributed by atoms with Gasteiger partial charge in [0.2, 0.25) is 0 Å². The molecule has 2 nitrogen and oxygen atoms in total. The molecule has 2 saturated carbocycles. The molecule has 0 heterocycles. The minimum atomic E-state index is -0.584. The van der Waals surface area contributed by atoms with E-state index in [2.05, 4.69) is 6.92 Å². The first-order valence-electron chi connectivity index (χ1n) is 8.55. The fourth-order valence-corrected chi connectivity index (χ4v) is 4.47. The zero-order chi connectivity index (χ0) is 13.8. The summed E-state index contributed by atoms with van der Waals surface area (Å²) >= 11 is 0. The third kappa shape index (κ3) is 3.52. The van der Waals surface area contributed by atoms with Crippen LogP contribution in [0.25, 0.3) is 0 Å². The van der Waals surface area contributed by atoms with Crippen molar-refractivity contribution in [3.63, 3.8) is 0 Å². The van der Waals surface area contributed by atoms with Crippen molar-refractivity contribution in [1.82, 2.24) is 0 Å². The molecule has 2 N–H and O–H groups in total. The van der Waals surface area contributed by atoms with Gasteiger partial charge in [-0.15, -0.1) is 0 Å². The minimum absolute atomic E-state index is 0.112. The molecule has 0 aromatic rings. The maximum atomic E-state index is 11.1. The molecule has 2 heteroatoms. The van der Waals surface area contributed by atoms with Gasteiger partial charge in [-0.1, -0.05) is 58.3 Å². The first kappa shape index (κ1) is 15.3. The van der Waals surface area contributed by atoms with Gasteiger partial charge >= 0.3 is 0 Å². The number of rotatable bonds is 5. The lowest BCUT2D eigenvalue weighted by molar-refractivity contribution is -0.156. The monoisotopic (exact) mass is 268 g/mol. The standard InChI is InChI=1S/C17H32O2/c1-2-3-10-15(16(18)11-6-4-7-12-16)17(19)13-8-5-9-14-17/h15,18-19H,2-14H2,1H3. The molecule has 2 aliphatic rings. The molecule has 0 aromatic heterocycles. The van der Waals surface area contributed by atoms with Crippen LogP contribution in [0.3, 0.4) is 0 Å². The van der Waals surface area contributed by atoms with E-state index < -0.39 is 11.2 Å². The summed E-state index contributed by atoms with van der Waals surface area (Å²) in [5, 5.41) is 22.2. The Morgan fingerprint density at radius 1 is 0.789 bits per heavy atom. The zero-order valence-electron chi connectivity index (χ0n) is 12.7. The van der Waals surface area contributed by atoms with E-state index in [9.17, 15) is 10.2 Å². The van der Waals surface area contributed by atoms with Crippen LogP contribution in [-0.2, 0) is 0 Å². The molecule has 0 bridgehead atoms. The topological polar surface area (TPSA) is 40.5 Å². The van der Waals surface area contributed by atoms with E-state index in [4.69, 9.17) is 0 Å². The Kier molecular flexibility index (Phi) is 5.30. The highest BCUT2D eigenvalue weighted by molar-refractivity contribution is 5.00. The lowest BCUT2D eigenvalue weighted by atomic mass is 9.63. The van der Waals surface area contributed by atoms with Crippen LogP contribution in [0.2, 0.25) is 0 Å². The highest BCUT2D eigenvalue weighted by Crippen LogP contribution is 2.47. The molecule has 0 atom stereocenters. The molecule has 0 saturated heterocycles. The van der Waals surface area contributed by atoms with Crippen LogP contribution in [-0.4, -0.2) is 21.4 Å². The van der Waals surface area contributed by atoms with Gasteiger partial charge in [-0.05, 0) is 32.1 Å². The van der Waals surface area contributed by atoms with Gasteiger partial charge in [0, 0.05) is 5.92 Å². The Hall–Kier alpha value is -0.0800. The van der Waals surface area contributed by atoms with E-state index in [1.54, 1.807) is 0 Å². The minimum Gasteiger partial charge on any atom is -0.389 e. The average Bonchev–Trinajstić information content (AvgIpc) is 2.40. The van der Waals surface area contributed by atoms with Crippen molar-refractivity contribution in [2.24, 2.45) is 5.92 Å². The lowest BCUT2D eigenvalue weighted by Crippen LogP contribution is -2.53. The van der Waals surface area contributed by atoms with E-state index in [0.717, 1.165) is 70.6 Å². The summed E-state index contributed by atoms with van der Waals surface area (Å²) in [4.78, 5) is 0. The smallest absolute Gasteiger partial charge is 0.0703 e. The summed E-state index contributed by atoms with van der Waals surface area (Å²) in [5.41, 5.74) is -1.17. The van der Waals surface area contributed by atoms with E-state index in [1.807, 2.05) is 0 Å². The van der Waals surface area contributed by atoms with Crippen molar-refractivity contribution in [1.29, 1.82) is 0 Å². The van der Waals surface area contributed by atoms with Crippen molar-refractivity contribution >= 4 is 0 Å². The van der Waals surface area contributed by atoms with Crippen molar-refractivity contribution in [3.05, 3.63) is 0 Å². The molecule has 0 aromatic carbocycles. The Morgan fingerprint density at radius 3 is 1.58 bits per heavy atom. The molecule has 0 radical (unpaired) electrons. The van der Waals surface area contributed by atoms with Crippen LogP contribution < -0.4 is 0 Å². The van der Waals surface area contributed by atoms with Crippen LogP contribution >= 0.6 is 0 Å². The van der Waals surface area contributed by atoms with Gasteiger partial charge in [-0.2, -0.15) is 0 Å². The summed E-state index contributed by atoms with van der Waals surface area (Å²) in [6.07, 6.45) is 14.0. The quantitative estimate of drug-likeness (QED) is 0.785. The lowest BCUT2D eigenvalue weighted by Gasteiger charge is -2.49. The summed E-state index contributed by atoms with van der Waals surface area (Å²) in [5.74, 6) is 0.112. The van der Waals surface area contributed by atoms with Crippen molar-refractivity contribution in [2.75, 3.05) is 0 Å². The summed E-state index contributed by atoms with van der Waals surface area (Å²) in [6.45, 7) is 2.20. The van der Waals surface area contributed by atoms with E-state index in [1.165, 1.54) is 12.8 Å². The van der Waals surface area contributed by atoms with Gasteiger partial charge in [0.25, 0.3) is 0 Å². The fourth-order valence-electron chi connectivity index (χ4n) is 4.47. The highest BCUT2D eigenvalue weighted by Gasteiger charge is 2.49. The SMILES string of the molecule is CCCCC(C1(O)CCCCC1)C1(O)CCCCC1. The largest absolute Gasteiger partial charge is 0.389 e. The van der Waals surface area contributed by atoms with E-state index in [-0.39, 0.29) is 5.92 Å². The number of hydrogen-bond donors (Lipinski definition) is 2. The van der Waals surface area contributed by atoms with Gasteiger partial charge in [0.05, 0.1) is 11.2 Å². The number of hydrogen-bond acceptors (Lipinski definition) is 2. The van der Waals surface area contributed by atoms with E-state index >= 15 is 0 Å². The summed E-state index contributed by atoms with van der Waals surface area (Å²) in [7, 11) is 0. The Bertz CT molecular complexity index is 238. The van der Waals surface area contributed by atoms with Crippen molar-refractivity contribution < 1.29 is 10.2 Å². The highest BCUT2D eigenvalue weighted by atomic mass is 16.3. The molecule has 0 unspecified atom stereocenters. The first-order valence-corrected chi connectivity index (χ1v) is 8.55. The van der Waals surface area contributed by atoms with Gasteiger partial charge in [0.1, 0.15) is 0 Å². The maximum absolute atomic E-state index is 11.1. The van der Waals surface area contributed by atoms with Crippen LogP contribution in [0, 0.1) is 5.92 Å². The van der Waals surface area contributed by atoms with Crippen LogP contribution in [0.15, 0.2) is 0 Å². The zero-order valence-corrected chi connectivity index (χ0v) is 12.7.